The van der Waals surface area contributed by atoms with E-state index in [2.05, 4.69) is 38.0 Å². The lowest BCUT2D eigenvalue weighted by molar-refractivity contribution is 0.218. The van der Waals surface area contributed by atoms with Crippen LogP contribution in [0, 0.1) is 5.92 Å². The summed E-state index contributed by atoms with van der Waals surface area (Å²) >= 11 is 0. The fourth-order valence-corrected chi connectivity index (χ4v) is 1.55. The lowest BCUT2D eigenvalue weighted by Crippen LogP contribution is -2.32. The highest BCUT2D eigenvalue weighted by Crippen LogP contribution is 2.06. The molecule has 0 aliphatic carbocycles. The Morgan fingerprint density at radius 2 is 1.85 bits per heavy atom. The van der Waals surface area contributed by atoms with Crippen LogP contribution in [0.1, 0.15) is 33.6 Å². The van der Waals surface area contributed by atoms with Gasteiger partial charge in [-0.2, -0.15) is 0 Å². The Hall–Kier alpha value is -0.0800. The van der Waals surface area contributed by atoms with Gasteiger partial charge in [-0.05, 0) is 46.3 Å². The quantitative estimate of drug-likeness (QED) is 0.612. The van der Waals surface area contributed by atoms with Crippen molar-refractivity contribution in [1.29, 1.82) is 0 Å². The van der Waals surface area contributed by atoms with E-state index >= 15 is 0 Å². The van der Waals surface area contributed by atoms with Gasteiger partial charge in [0, 0.05) is 12.6 Å². The number of nitrogens with one attached hydrogen (secondary N) is 1. The number of hydrogen-bond donors (Lipinski definition) is 1. The Balaban J connectivity index is 3.50. The third-order valence-corrected chi connectivity index (χ3v) is 2.45. The van der Waals surface area contributed by atoms with Crippen molar-refractivity contribution in [2.45, 2.75) is 39.7 Å². The maximum absolute atomic E-state index is 3.18. The molecule has 0 radical (unpaired) electrons. The molecule has 0 saturated heterocycles. The Morgan fingerprint density at radius 1 is 1.23 bits per heavy atom. The molecule has 0 rings (SSSR count). The number of rotatable bonds is 7. The summed E-state index contributed by atoms with van der Waals surface area (Å²) in [5, 5.41) is 3.18. The van der Waals surface area contributed by atoms with Gasteiger partial charge in [0.05, 0.1) is 0 Å². The van der Waals surface area contributed by atoms with E-state index in [1.807, 2.05) is 7.05 Å². The molecule has 1 atom stereocenters. The van der Waals surface area contributed by atoms with Gasteiger partial charge in [0.1, 0.15) is 0 Å². The van der Waals surface area contributed by atoms with E-state index in [1.54, 1.807) is 0 Å². The zero-order valence-corrected chi connectivity index (χ0v) is 9.93. The highest BCUT2D eigenvalue weighted by Gasteiger charge is 2.09. The first-order valence-electron chi connectivity index (χ1n) is 5.42. The average Bonchev–Trinajstić information content (AvgIpc) is 2.03. The molecule has 0 bridgehead atoms. The van der Waals surface area contributed by atoms with Crippen LogP contribution in [-0.4, -0.2) is 38.1 Å². The highest BCUT2D eigenvalue weighted by atomic mass is 15.1. The zero-order chi connectivity index (χ0) is 10.3. The van der Waals surface area contributed by atoms with Crippen LogP contribution in [0.3, 0.4) is 0 Å². The number of nitrogens with zero attached hydrogens (tertiary/aromatic N) is 1. The lowest BCUT2D eigenvalue weighted by atomic mass is 10.1. The van der Waals surface area contributed by atoms with Gasteiger partial charge < -0.3 is 10.2 Å². The molecule has 0 aliphatic heterocycles. The van der Waals surface area contributed by atoms with Crippen LogP contribution in [0.5, 0.6) is 0 Å². The second-order valence-electron chi connectivity index (χ2n) is 4.43. The third-order valence-electron chi connectivity index (χ3n) is 2.45. The van der Waals surface area contributed by atoms with Crippen LogP contribution in [0.2, 0.25) is 0 Å². The van der Waals surface area contributed by atoms with Gasteiger partial charge in [-0.1, -0.05) is 13.8 Å². The third kappa shape index (κ3) is 7.03. The molecule has 0 heterocycles. The molecule has 2 heteroatoms. The minimum atomic E-state index is 0.718. The lowest BCUT2D eigenvalue weighted by Gasteiger charge is -2.26. The summed E-state index contributed by atoms with van der Waals surface area (Å²) in [4.78, 5) is 2.46. The molecular weight excluding hydrogens is 160 g/mol. The first kappa shape index (κ1) is 12.9. The van der Waals surface area contributed by atoms with E-state index in [4.69, 9.17) is 0 Å². The van der Waals surface area contributed by atoms with Crippen LogP contribution in [0.4, 0.5) is 0 Å². The highest BCUT2D eigenvalue weighted by molar-refractivity contribution is 4.65. The van der Waals surface area contributed by atoms with Gasteiger partial charge in [0.2, 0.25) is 0 Å². The molecule has 1 unspecified atom stereocenters. The van der Waals surface area contributed by atoms with Crippen LogP contribution < -0.4 is 5.32 Å². The molecule has 1 N–H and O–H groups in total. The van der Waals surface area contributed by atoms with Gasteiger partial charge in [-0.15, -0.1) is 0 Å². The fourth-order valence-electron chi connectivity index (χ4n) is 1.55. The summed E-state index contributed by atoms with van der Waals surface area (Å²) in [7, 11) is 4.24. The largest absolute Gasteiger partial charge is 0.320 e. The predicted octanol–water partition coefficient (Wildman–Crippen LogP) is 1.96. The van der Waals surface area contributed by atoms with E-state index in [0.717, 1.165) is 18.5 Å². The summed E-state index contributed by atoms with van der Waals surface area (Å²) in [5.74, 6) is 0.775. The first-order chi connectivity index (χ1) is 6.07. The van der Waals surface area contributed by atoms with Gasteiger partial charge in [-0.3, -0.25) is 0 Å². The predicted molar refractivity (Wildman–Crippen MR) is 60.1 cm³/mol. The molecule has 0 aromatic carbocycles. The van der Waals surface area contributed by atoms with Gasteiger partial charge >= 0.3 is 0 Å². The van der Waals surface area contributed by atoms with E-state index in [9.17, 15) is 0 Å². The van der Waals surface area contributed by atoms with Crippen LogP contribution >= 0.6 is 0 Å². The molecule has 80 valence electrons. The van der Waals surface area contributed by atoms with Crippen LogP contribution in [0.25, 0.3) is 0 Å². The van der Waals surface area contributed by atoms with Crippen molar-refractivity contribution in [3.8, 4) is 0 Å². The second-order valence-corrected chi connectivity index (χ2v) is 4.43. The Bertz CT molecular complexity index is 113. The molecule has 0 aromatic heterocycles. The van der Waals surface area contributed by atoms with E-state index in [0.29, 0.717) is 0 Å². The minimum absolute atomic E-state index is 0.718. The van der Waals surface area contributed by atoms with Gasteiger partial charge in [-0.25, -0.2) is 0 Å². The minimum Gasteiger partial charge on any atom is -0.320 e. The Kier molecular flexibility index (Phi) is 7.29. The van der Waals surface area contributed by atoms with Gasteiger partial charge in [0.15, 0.2) is 0 Å². The molecule has 0 spiro atoms. The van der Waals surface area contributed by atoms with Crippen molar-refractivity contribution in [3.63, 3.8) is 0 Å². The van der Waals surface area contributed by atoms with Crippen molar-refractivity contribution in [2.75, 3.05) is 27.2 Å². The maximum Gasteiger partial charge on any atom is 0.00644 e. The molecule has 0 fully saturated rings. The molecule has 2 nitrogen and oxygen atoms in total. The Morgan fingerprint density at radius 3 is 2.31 bits per heavy atom. The average molecular weight is 186 g/mol. The molecule has 0 saturated carbocycles. The van der Waals surface area contributed by atoms with Crippen LogP contribution in [-0.2, 0) is 0 Å². The SMILES string of the molecule is CNCCCC(C)N(C)CC(C)C. The zero-order valence-electron chi connectivity index (χ0n) is 9.93. The fraction of sp³-hybridized carbons (Fsp3) is 1.00. The van der Waals surface area contributed by atoms with Crippen molar-refractivity contribution >= 4 is 0 Å². The Labute approximate surface area is 83.7 Å². The van der Waals surface area contributed by atoms with Crippen molar-refractivity contribution < 1.29 is 0 Å². The molecule has 13 heavy (non-hydrogen) atoms. The van der Waals surface area contributed by atoms with E-state index in [1.165, 1.54) is 19.4 Å². The summed E-state index contributed by atoms with van der Waals surface area (Å²) < 4.78 is 0. The van der Waals surface area contributed by atoms with E-state index in [-0.39, 0.29) is 0 Å². The smallest absolute Gasteiger partial charge is 0.00644 e. The van der Waals surface area contributed by atoms with Crippen molar-refractivity contribution in [2.24, 2.45) is 5.92 Å². The second kappa shape index (κ2) is 7.34. The summed E-state index contributed by atoms with van der Waals surface area (Å²) in [6, 6.07) is 0.718. The summed E-state index contributed by atoms with van der Waals surface area (Å²) in [6.07, 6.45) is 2.57. The summed E-state index contributed by atoms with van der Waals surface area (Å²) in [6.45, 7) is 9.21. The molecule has 0 aliphatic rings. The summed E-state index contributed by atoms with van der Waals surface area (Å²) in [5.41, 5.74) is 0. The molecule has 0 amide bonds. The first-order valence-corrected chi connectivity index (χ1v) is 5.42. The number of hydrogen-bond acceptors (Lipinski definition) is 2. The monoisotopic (exact) mass is 186 g/mol. The maximum atomic E-state index is 3.18. The van der Waals surface area contributed by atoms with Gasteiger partial charge in [0.25, 0.3) is 0 Å². The topological polar surface area (TPSA) is 15.3 Å². The van der Waals surface area contributed by atoms with Crippen LogP contribution in [0.15, 0.2) is 0 Å². The normalized spacial score (nSPS) is 14.1. The molecule has 0 aromatic rings. The van der Waals surface area contributed by atoms with E-state index < -0.39 is 0 Å². The van der Waals surface area contributed by atoms with Crippen molar-refractivity contribution in [1.82, 2.24) is 10.2 Å². The van der Waals surface area contributed by atoms with Crippen molar-refractivity contribution in [3.05, 3.63) is 0 Å². The standard InChI is InChI=1S/C11H26N2/c1-10(2)9-13(5)11(3)7-6-8-12-4/h10-12H,6-9H2,1-5H3. The molecular formula is C11H26N2.